The molecule has 1 aliphatic carbocycles. The first kappa shape index (κ1) is 21.2. The van der Waals surface area contributed by atoms with E-state index in [2.05, 4.69) is 5.32 Å². The van der Waals surface area contributed by atoms with Crippen LogP contribution in [-0.2, 0) is 38.9 Å². The molecule has 0 saturated heterocycles. The topological polar surface area (TPSA) is 116 Å². The summed E-state index contributed by atoms with van der Waals surface area (Å²) in [5.41, 5.74) is 7.84. The minimum Gasteiger partial charge on any atom is -0.452 e. The van der Waals surface area contributed by atoms with Gasteiger partial charge in [0.15, 0.2) is 6.61 Å². The van der Waals surface area contributed by atoms with Crippen LogP contribution in [0.2, 0.25) is 0 Å². The first-order valence-electron chi connectivity index (χ1n) is 9.15. The first-order valence-corrected chi connectivity index (χ1v) is 11.7. The number of ether oxygens (including phenoxy) is 1. The molecule has 0 fully saturated rings. The van der Waals surface area contributed by atoms with Gasteiger partial charge < -0.3 is 15.8 Å². The summed E-state index contributed by atoms with van der Waals surface area (Å²) < 4.78 is 16.4. The van der Waals surface area contributed by atoms with Gasteiger partial charge >= 0.3 is 5.97 Å². The van der Waals surface area contributed by atoms with Crippen molar-refractivity contribution in [1.29, 1.82) is 0 Å². The van der Waals surface area contributed by atoms with Crippen molar-refractivity contribution in [3.8, 4) is 0 Å². The van der Waals surface area contributed by atoms with Gasteiger partial charge in [-0.3, -0.25) is 13.8 Å². The number of benzene rings is 1. The van der Waals surface area contributed by atoms with Gasteiger partial charge in [-0.05, 0) is 48.9 Å². The molecule has 0 spiro atoms. The molecule has 0 aliphatic heterocycles. The number of thiophene rings is 1. The van der Waals surface area contributed by atoms with E-state index in [1.807, 2.05) is 0 Å². The molecule has 1 aromatic heterocycles. The molecule has 1 atom stereocenters. The van der Waals surface area contributed by atoms with Crippen LogP contribution in [0.4, 0.5) is 5.00 Å². The maximum absolute atomic E-state index is 12.3. The van der Waals surface area contributed by atoms with Gasteiger partial charge in [0.1, 0.15) is 5.00 Å². The number of aryl methyl sites for hydroxylation is 1. The second-order valence-corrected chi connectivity index (χ2v) is 9.36. The van der Waals surface area contributed by atoms with Gasteiger partial charge in [0.2, 0.25) is 0 Å². The average Bonchev–Trinajstić information content (AvgIpc) is 3.03. The van der Waals surface area contributed by atoms with Crippen LogP contribution in [0.15, 0.2) is 24.3 Å². The fourth-order valence-corrected chi connectivity index (χ4v) is 5.27. The van der Waals surface area contributed by atoms with Crippen molar-refractivity contribution in [3.63, 3.8) is 0 Å². The zero-order chi connectivity index (χ0) is 21.0. The third-order valence-corrected chi connectivity index (χ3v) is 6.48. The monoisotopic (exact) mass is 434 g/mol. The maximum Gasteiger partial charge on any atom is 0.338 e. The number of fused-ring (bicyclic) bond motifs is 1. The predicted octanol–water partition coefficient (Wildman–Crippen LogP) is 2.40. The fraction of sp³-hybridized carbons (Fsp3) is 0.350. The molecule has 3 rings (SSSR count). The van der Waals surface area contributed by atoms with E-state index in [4.69, 9.17) is 10.5 Å². The van der Waals surface area contributed by atoms with Crippen molar-refractivity contribution < 1.29 is 23.3 Å². The molecule has 154 valence electrons. The van der Waals surface area contributed by atoms with Crippen molar-refractivity contribution in [2.24, 2.45) is 5.73 Å². The fourth-order valence-electron chi connectivity index (χ4n) is 3.31. The van der Waals surface area contributed by atoms with Crippen molar-refractivity contribution in [2.75, 3.05) is 18.2 Å². The SMILES string of the molecule is CS(=O)Cc1cccc(C(=O)OCC(=O)Nc2sc3c(c2C(N)=O)CCCC3)c1. The van der Waals surface area contributed by atoms with E-state index in [0.717, 1.165) is 41.7 Å². The van der Waals surface area contributed by atoms with Crippen LogP contribution in [0, 0.1) is 0 Å². The Hall–Kier alpha value is -2.52. The van der Waals surface area contributed by atoms with Gasteiger partial charge in [-0.2, -0.15) is 0 Å². The Bertz CT molecular complexity index is 983. The highest BCUT2D eigenvalue weighted by Crippen LogP contribution is 2.37. The molecular weight excluding hydrogens is 412 g/mol. The number of amides is 2. The molecule has 7 nitrogen and oxygen atoms in total. The van der Waals surface area contributed by atoms with E-state index >= 15 is 0 Å². The Morgan fingerprint density at radius 1 is 1.24 bits per heavy atom. The lowest BCUT2D eigenvalue weighted by Crippen LogP contribution is -2.23. The van der Waals surface area contributed by atoms with Crippen LogP contribution in [0.5, 0.6) is 0 Å². The molecular formula is C20H22N2O5S2. The quantitative estimate of drug-likeness (QED) is 0.649. The molecule has 0 bridgehead atoms. The number of nitrogens with two attached hydrogens (primary N) is 1. The molecule has 0 radical (unpaired) electrons. The van der Waals surface area contributed by atoms with Crippen molar-refractivity contribution >= 4 is 44.9 Å². The second kappa shape index (κ2) is 9.32. The lowest BCUT2D eigenvalue weighted by Gasteiger charge is -2.11. The van der Waals surface area contributed by atoms with Gasteiger partial charge in [-0.15, -0.1) is 11.3 Å². The van der Waals surface area contributed by atoms with Gasteiger partial charge in [0.05, 0.1) is 11.1 Å². The van der Waals surface area contributed by atoms with Gasteiger partial charge in [-0.25, -0.2) is 4.79 Å². The zero-order valence-corrected chi connectivity index (χ0v) is 17.6. The van der Waals surface area contributed by atoms with E-state index in [1.54, 1.807) is 30.5 Å². The van der Waals surface area contributed by atoms with Gasteiger partial charge in [0.25, 0.3) is 11.8 Å². The van der Waals surface area contributed by atoms with Crippen LogP contribution >= 0.6 is 11.3 Å². The number of nitrogens with one attached hydrogen (secondary N) is 1. The van der Waals surface area contributed by atoms with Crippen LogP contribution < -0.4 is 11.1 Å². The highest BCUT2D eigenvalue weighted by atomic mass is 32.2. The van der Waals surface area contributed by atoms with Crippen LogP contribution in [0.3, 0.4) is 0 Å². The second-order valence-electron chi connectivity index (χ2n) is 6.82. The molecule has 29 heavy (non-hydrogen) atoms. The number of carbonyl (C=O) groups excluding carboxylic acids is 3. The summed E-state index contributed by atoms with van der Waals surface area (Å²) in [5.74, 6) is -1.42. The zero-order valence-electron chi connectivity index (χ0n) is 16.0. The number of anilines is 1. The molecule has 0 saturated carbocycles. The number of carbonyl (C=O) groups is 3. The highest BCUT2D eigenvalue weighted by molar-refractivity contribution is 7.83. The van der Waals surface area contributed by atoms with E-state index in [1.165, 1.54) is 11.3 Å². The molecule has 1 unspecified atom stereocenters. The molecule has 1 aromatic carbocycles. The molecule has 1 aliphatic rings. The molecule has 2 aromatic rings. The number of hydrogen-bond donors (Lipinski definition) is 2. The summed E-state index contributed by atoms with van der Waals surface area (Å²) in [5, 5.41) is 3.07. The Kier molecular flexibility index (Phi) is 6.81. The Balaban J connectivity index is 1.63. The minimum atomic E-state index is -1.03. The molecule has 9 heteroatoms. The van der Waals surface area contributed by atoms with Crippen LogP contribution in [0.25, 0.3) is 0 Å². The van der Waals surface area contributed by atoms with Crippen molar-refractivity contribution in [3.05, 3.63) is 51.4 Å². The molecule has 1 heterocycles. The minimum absolute atomic E-state index is 0.283. The van der Waals surface area contributed by atoms with Gasteiger partial charge in [-0.1, -0.05) is 12.1 Å². The van der Waals surface area contributed by atoms with Crippen molar-refractivity contribution in [2.45, 2.75) is 31.4 Å². The van der Waals surface area contributed by atoms with Crippen LogP contribution in [-0.4, -0.2) is 34.9 Å². The summed E-state index contributed by atoms with van der Waals surface area (Å²) >= 11 is 1.35. The summed E-state index contributed by atoms with van der Waals surface area (Å²) in [7, 11) is -1.03. The predicted molar refractivity (Wildman–Crippen MR) is 113 cm³/mol. The lowest BCUT2D eigenvalue weighted by molar-refractivity contribution is -0.119. The molecule has 3 N–H and O–H groups in total. The smallest absolute Gasteiger partial charge is 0.338 e. The highest BCUT2D eigenvalue weighted by Gasteiger charge is 2.25. The third kappa shape index (κ3) is 5.30. The largest absolute Gasteiger partial charge is 0.452 e. The Morgan fingerprint density at radius 3 is 2.72 bits per heavy atom. The standard InChI is InChI=1S/C20H22N2O5S2/c1-29(26)11-12-5-4-6-13(9-12)20(25)27-10-16(23)22-19-17(18(21)24)14-7-2-3-8-15(14)28-19/h4-6,9H,2-3,7-8,10-11H2,1H3,(H2,21,24)(H,22,23). The summed E-state index contributed by atoms with van der Waals surface area (Å²) in [6, 6.07) is 6.62. The van der Waals surface area contributed by atoms with E-state index in [0.29, 0.717) is 16.3 Å². The lowest BCUT2D eigenvalue weighted by atomic mass is 9.95. The number of hydrogen-bond acceptors (Lipinski definition) is 6. The normalized spacial score (nSPS) is 14.0. The van der Waals surface area contributed by atoms with Gasteiger partial charge in [0, 0.05) is 27.7 Å². The van der Waals surface area contributed by atoms with Crippen LogP contribution in [0.1, 0.15) is 49.6 Å². The van der Waals surface area contributed by atoms with E-state index in [9.17, 15) is 18.6 Å². The van der Waals surface area contributed by atoms with E-state index in [-0.39, 0.29) is 5.56 Å². The first-order chi connectivity index (χ1) is 13.8. The summed E-state index contributed by atoms with van der Waals surface area (Å²) in [4.78, 5) is 37.4. The summed E-state index contributed by atoms with van der Waals surface area (Å²) in [6.07, 6.45) is 5.25. The number of esters is 1. The Morgan fingerprint density at radius 2 is 2.00 bits per heavy atom. The maximum atomic E-state index is 12.3. The third-order valence-electron chi connectivity index (χ3n) is 4.54. The van der Waals surface area contributed by atoms with Crippen molar-refractivity contribution in [1.82, 2.24) is 0 Å². The Labute approximate surface area is 175 Å². The van der Waals surface area contributed by atoms with E-state index < -0.39 is 35.2 Å². The number of primary amides is 1. The number of rotatable bonds is 7. The summed E-state index contributed by atoms with van der Waals surface area (Å²) in [6.45, 7) is -0.483. The molecule has 2 amide bonds. The average molecular weight is 435 g/mol.